The number of carbonyl (C=O) groups excluding carboxylic acids is 1. The molecule has 1 amide bonds. The molecule has 1 heterocycles. The van der Waals surface area contributed by atoms with Gasteiger partial charge < -0.3 is 15.0 Å². The van der Waals surface area contributed by atoms with Gasteiger partial charge >= 0.3 is 0 Å². The van der Waals surface area contributed by atoms with E-state index in [2.05, 4.69) is 5.32 Å². The second kappa shape index (κ2) is 6.11. The Morgan fingerprint density at radius 2 is 1.95 bits per heavy atom. The van der Waals surface area contributed by atoms with Gasteiger partial charge in [-0.2, -0.15) is 0 Å². The van der Waals surface area contributed by atoms with E-state index in [9.17, 15) is 4.79 Å². The lowest BCUT2D eigenvalue weighted by atomic mass is 10.2. The summed E-state index contributed by atoms with van der Waals surface area (Å²) in [5.41, 5.74) is 3.41. The number of aliphatic hydroxyl groups excluding tert-OH is 1. The lowest BCUT2D eigenvalue weighted by Gasteiger charge is -2.10. The molecule has 2 N–H and O–H groups in total. The summed E-state index contributed by atoms with van der Waals surface area (Å²) in [6.45, 7) is 4.03. The minimum atomic E-state index is -0.174. The van der Waals surface area contributed by atoms with E-state index in [4.69, 9.17) is 16.7 Å². The van der Waals surface area contributed by atoms with E-state index in [1.165, 1.54) is 0 Å². The van der Waals surface area contributed by atoms with Gasteiger partial charge in [0.2, 0.25) is 0 Å². The normalized spacial score (nSPS) is 10.6. The summed E-state index contributed by atoms with van der Waals surface area (Å²) in [6, 6.07) is 9.31. The smallest absolute Gasteiger partial charge is 0.253 e. The van der Waals surface area contributed by atoms with Crippen LogP contribution in [0, 0.1) is 13.8 Å². The van der Waals surface area contributed by atoms with E-state index in [-0.39, 0.29) is 19.1 Å². The van der Waals surface area contributed by atoms with Crippen molar-refractivity contribution in [2.24, 2.45) is 0 Å². The number of nitrogens with zero attached hydrogens (tertiary/aromatic N) is 1. The average Bonchev–Trinajstić information content (AvgIpc) is 2.73. The molecule has 1 aromatic carbocycles. The Morgan fingerprint density at radius 3 is 2.55 bits per heavy atom. The minimum absolute atomic E-state index is 0.0678. The van der Waals surface area contributed by atoms with Crippen LogP contribution in [0.15, 0.2) is 30.3 Å². The van der Waals surface area contributed by atoms with Crippen molar-refractivity contribution in [1.82, 2.24) is 9.88 Å². The van der Waals surface area contributed by atoms with Gasteiger partial charge in [0.05, 0.1) is 12.2 Å². The molecule has 1 aromatic heterocycles. The second-order valence-corrected chi connectivity index (χ2v) is 5.01. The van der Waals surface area contributed by atoms with Crippen molar-refractivity contribution in [3.8, 4) is 5.69 Å². The highest BCUT2D eigenvalue weighted by Crippen LogP contribution is 2.22. The van der Waals surface area contributed by atoms with Crippen molar-refractivity contribution in [3.63, 3.8) is 0 Å². The quantitative estimate of drug-likeness (QED) is 0.909. The largest absolute Gasteiger partial charge is 0.395 e. The van der Waals surface area contributed by atoms with Crippen LogP contribution in [-0.4, -0.2) is 28.7 Å². The highest BCUT2D eigenvalue weighted by Gasteiger charge is 2.16. The zero-order valence-electron chi connectivity index (χ0n) is 11.5. The zero-order valence-corrected chi connectivity index (χ0v) is 12.2. The minimum Gasteiger partial charge on any atom is -0.395 e. The molecule has 0 spiro atoms. The summed E-state index contributed by atoms with van der Waals surface area (Å²) in [5.74, 6) is -0.174. The molecule has 0 bridgehead atoms. The van der Waals surface area contributed by atoms with Crippen LogP contribution in [0.5, 0.6) is 0 Å². The van der Waals surface area contributed by atoms with Gasteiger partial charge in [0, 0.05) is 28.6 Å². The van der Waals surface area contributed by atoms with E-state index in [1.54, 1.807) is 0 Å². The number of aryl methyl sites for hydroxylation is 1. The van der Waals surface area contributed by atoms with Crippen molar-refractivity contribution < 1.29 is 9.90 Å². The first kappa shape index (κ1) is 14.6. The van der Waals surface area contributed by atoms with E-state index in [0.717, 1.165) is 17.1 Å². The molecule has 20 heavy (non-hydrogen) atoms. The fourth-order valence-corrected chi connectivity index (χ4v) is 2.37. The third-order valence-corrected chi connectivity index (χ3v) is 3.41. The van der Waals surface area contributed by atoms with Crippen molar-refractivity contribution in [1.29, 1.82) is 0 Å². The summed E-state index contributed by atoms with van der Waals surface area (Å²) < 4.78 is 2.00. The standard InChI is InChI=1S/C15H17ClN2O2/c1-10-9-14(15(20)17-7-8-19)11(2)18(10)13-5-3-12(16)4-6-13/h3-6,9,19H,7-8H2,1-2H3,(H,17,20). The second-order valence-electron chi connectivity index (χ2n) is 4.58. The average molecular weight is 293 g/mol. The summed E-state index contributed by atoms with van der Waals surface area (Å²) >= 11 is 5.89. The number of aliphatic hydroxyl groups is 1. The molecule has 0 aliphatic carbocycles. The lowest BCUT2D eigenvalue weighted by Crippen LogP contribution is -2.26. The molecule has 106 valence electrons. The first-order valence-corrected chi connectivity index (χ1v) is 6.76. The van der Waals surface area contributed by atoms with E-state index in [0.29, 0.717) is 10.6 Å². The van der Waals surface area contributed by atoms with Crippen molar-refractivity contribution in [3.05, 3.63) is 52.3 Å². The van der Waals surface area contributed by atoms with Crippen molar-refractivity contribution >= 4 is 17.5 Å². The van der Waals surface area contributed by atoms with E-state index in [1.807, 2.05) is 48.7 Å². The van der Waals surface area contributed by atoms with Crippen LogP contribution >= 0.6 is 11.6 Å². The first-order chi connectivity index (χ1) is 9.54. The van der Waals surface area contributed by atoms with Gasteiger partial charge in [-0.25, -0.2) is 0 Å². The molecule has 0 saturated carbocycles. The van der Waals surface area contributed by atoms with Gasteiger partial charge in [-0.1, -0.05) is 11.6 Å². The molecule has 0 radical (unpaired) electrons. The van der Waals surface area contributed by atoms with Crippen LogP contribution < -0.4 is 5.32 Å². The maximum absolute atomic E-state index is 12.0. The van der Waals surface area contributed by atoms with Crippen molar-refractivity contribution in [2.45, 2.75) is 13.8 Å². The summed E-state index contributed by atoms with van der Waals surface area (Å²) in [4.78, 5) is 12.0. The highest BCUT2D eigenvalue weighted by molar-refractivity contribution is 6.30. The first-order valence-electron chi connectivity index (χ1n) is 6.38. The molecule has 0 atom stereocenters. The molecule has 0 aliphatic heterocycles. The van der Waals surface area contributed by atoms with Crippen LogP contribution in [0.2, 0.25) is 5.02 Å². The fraction of sp³-hybridized carbons (Fsp3) is 0.267. The Morgan fingerprint density at radius 1 is 1.30 bits per heavy atom. The Balaban J connectivity index is 2.38. The Bertz CT molecular complexity index is 618. The molecule has 0 fully saturated rings. The molecule has 2 aromatic rings. The predicted molar refractivity (Wildman–Crippen MR) is 79.7 cm³/mol. The number of halogens is 1. The van der Waals surface area contributed by atoms with Gasteiger partial charge in [0.15, 0.2) is 0 Å². The van der Waals surface area contributed by atoms with Gasteiger partial charge in [0.25, 0.3) is 5.91 Å². The molecule has 0 aliphatic rings. The number of carbonyl (C=O) groups is 1. The lowest BCUT2D eigenvalue weighted by molar-refractivity contribution is 0.0944. The molecule has 4 nitrogen and oxygen atoms in total. The van der Waals surface area contributed by atoms with Gasteiger partial charge in [-0.05, 0) is 44.2 Å². The van der Waals surface area contributed by atoms with E-state index < -0.39 is 0 Å². The summed E-state index contributed by atoms with van der Waals surface area (Å²) in [6.07, 6.45) is 0. The fourth-order valence-electron chi connectivity index (χ4n) is 2.24. The summed E-state index contributed by atoms with van der Waals surface area (Å²) in [7, 11) is 0. The van der Waals surface area contributed by atoms with Crippen LogP contribution in [0.1, 0.15) is 21.7 Å². The number of benzene rings is 1. The predicted octanol–water partition coefficient (Wildman–Crippen LogP) is 2.47. The number of hydrogen-bond acceptors (Lipinski definition) is 2. The van der Waals surface area contributed by atoms with Crippen molar-refractivity contribution in [2.75, 3.05) is 13.2 Å². The Kier molecular flexibility index (Phi) is 4.47. The van der Waals surface area contributed by atoms with Gasteiger partial charge in [-0.3, -0.25) is 4.79 Å². The molecular formula is C15H17ClN2O2. The molecule has 5 heteroatoms. The zero-order chi connectivity index (χ0) is 14.7. The van der Waals surface area contributed by atoms with Crippen LogP contribution in [0.3, 0.4) is 0 Å². The molecule has 0 saturated heterocycles. The number of aromatic nitrogens is 1. The number of amides is 1. The topological polar surface area (TPSA) is 54.3 Å². The molecule has 0 unspecified atom stereocenters. The third-order valence-electron chi connectivity index (χ3n) is 3.16. The monoisotopic (exact) mass is 292 g/mol. The number of rotatable bonds is 4. The third kappa shape index (κ3) is 2.86. The number of hydrogen-bond donors (Lipinski definition) is 2. The SMILES string of the molecule is Cc1cc(C(=O)NCCO)c(C)n1-c1ccc(Cl)cc1. The maximum Gasteiger partial charge on any atom is 0.253 e. The summed E-state index contributed by atoms with van der Waals surface area (Å²) in [5, 5.41) is 12.1. The maximum atomic E-state index is 12.0. The molecule has 2 rings (SSSR count). The van der Waals surface area contributed by atoms with Gasteiger partial charge in [-0.15, -0.1) is 0 Å². The Hall–Kier alpha value is -1.78. The van der Waals surface area contributed by atoms with E-state index >= 15 is 0 Å². The van der Waals surface area contributed by atoms with Crippen LogP contribution in [0.4, 0.5) is 0 Å². The Labute approximate surface area is 123 Å². The number of nitrogens with one attached hydrogen (secondary N) is 1. The van der Waals surface area contributed by atoms with Crippen LogP contribution in [-0.2, 0) is 0 Å². The van der Waals surface area contributed by atoms with Crippen LogP contribution in [0.25, 0.3) is 5.69 Å². The molecular weight excluding hydrogens is 276 g/mol. The highest BCUT2D eigenvalue weighted by atomic mass is 35.5. The van der Waals surface area contributed by atoms with Gasteiger partial charge in [0.1, 0.15) is 0 Å².